The Balaban J connectivity index is 2.30. The van der Waals surface area contributed by atoms with E-state index in [2.05, 4.69) is 36.8 Å². The quantitative estimate of drug-likeness (QED) is 0.795. The minimum absolute atomic E-state index is 0.0542. The van der Waals surface area contributed by atoms with Crippen molar-refractivity contribution in [2.75, 3.05) is 11.4 Å². The van der Waals surface area contributed by atoms with E-state index in [1.54, 1.807) is 11.1 Å². The van der Waals surface area contributed by atoms with Crippen LogP contribution in [0.4, 0.5) is 5.69 Å². The zero-order chi connectivity index (χ0) is 11.0. The molecule has 0 aliphatic carbocycles. The molecule has 1 aromatic rings. The van der Waals surface area contributed by atoms with Gasteiger partial charge in [0.1, 0.15) is 4.60 Å². The molecule has 15 heavy (non-hydrogen) atoms. The van der Waals surface area contributed by atoms with E-state index in [1.165, 1.54) is 0 Å². The zero-order valence-electron chi connectivity index (χ0n) is 7.78. The predicted octanol–water partition coefficient (Wildman–Crippen LogP) is 1.67. The third-order valence-electron chi connectivity index (χ3n) is 2.25. The summed E-state index contributed by atoms with van der Waals surface area (Å²) in [6, 6.07) is 1.78. The molecule has 2 N–H and O–H groups in total. The van der Waals surface area contributed by atoms with Crippen molar-refractivity contribution in [3.8, 4) is 0 Å². The van der Waals surface area contributed by atoms with Gasteiger partial charge >= 0.3 is 0 Å². The van der Waals surface area contributed by atoms with Crippen molar-refractivity contribution in [2.24, 2.45) is 5.73 Å². The van der Waals surface area contributed by atoms with Crippen molar-refractivity contribution in [1.82, 2.24) is 4.98 Å². The number of rotatable bonds is 1. The van der Waals surface area contributed by atoms with E-state index in [4.69, 9.17) is 5.73 Å². The molecule has 1 aromatic heterocycles. The van der Waals surface area contributed by atoms with Crippen LogP contribution >= 0.6 is 31.9 Å². The molecule has 1 aliphatic heterocycles. The van der Waals surface area contributed by atoms with Crippen LogP contribution in [-0.4, -0.2) is 23.5 Å². The van der Waals surface area contributed by atoms with Gasteiger partial charge in [0.2, 0.25) is 5.91 Å². The molecule has 1 amide bonds. The molecule has 6 heteroatoms. The number of amides is 1. The topological polar surface area (TPSA) is 59.2 Å². The minimum Gasteiger partial charge on any atom is -0.326 e. The molecule has 80 valence electrons. The lowest BCUT2D eigenvalue weighted by Gasteiger charge is -2.15. The Kier molecular flexibility index (Phi) is 3.08. The van der Waals surface area contributed by atoms with Crippen molar-refractivity contribution in [3.63, 3.8) is 0 Å². The lowest BCUT2D eigenvalue weighted by molar-refractivity contribution is -0.117. The van der Waals surface area contributed by atoms with Crippen molar-refractivity contribution in [3.05, 3.63) is 21.3 Å². The van der Waals surface area contributed by atoms with Gasteiger partial charge in [0.25, 0.3) is 0 Å². The summed E-state index contributed by atoms with van der Waals surface area (Å²) >= 11 is 6.63. The molecular weight excluding hydrogens is 326 g/mol. The van der Waals surface area contributed by atoms with Crippen molar-refractivity contribution < 1.29 is 4.79 Å². The maximum Gasteiger partial charge on any atom is 0.228 e. The van der Waals surface area contributed by atoms with E-state index < -0.39 is 0 Å². The third-order valence-corrected chi connectivity index (χ3v) is 4.02. The predicted molar refractivity (Wildman–Crippen MR) is 64.6 cm³/mol. The smallest absolute Gasteiger partial charge is 0.228 e. The summed E-state index contributed by atoms with van der Waals surface area (Å²) in [6.07, 6.45) is 2.07. The second-order valence-corrected chi connectivity index (χ2v) is 5.04. The average molecular weight is 335 g/mol. The molecule has 0 aromatic carbocycles. The fourth-order valence-electron chi connectivity index (χ4n) is 1.54. The molecule has 1 unspecified atom stereocenters. The van der Waals surface area contributed by atoms with Gasteiger partial charge in [-0.1, -0.05) is 0 Å². The maximum absolute atomic E-state index is 11.6. The van der Waals surface area contributed by atoms with Gasteiger partial charge in [0.05, 0.1) is 16.4 Å². The number of nitrogens with two attached hydrogens (primary N) is 1. The summed E-state index contributed by atoms with van der Waals surface area (Å²) in [5.41, 5.74) is 6.50. The number of carbonyl (C=O) groups excluding carboxylic acids is 1. The highest BCUT2D eigenvalue weighted by Gasteiger charge is 2.28. The van der Waals surface area contributed by atoms with Gasteiger partial charge in [-0.3, -0.25) is 4.79 Å². The molecule has 1 fully saturated rings. The summed E-state index contributed by atoms with van der Waals surface area (Å²) in [7, 11) is 0. The van der Waals surface area contributed by atoms with Crippen molar-refractivity contribution >= 4 is 43.5 Å². The van der Waals surface area contributed by atoms with E-state index in [1.807, 2.05) is 6.07 Å². The number of nitrogens with zero attached hydrogens (tertiary/aromatic N) is 2. The number of pyridine rings is 1. The number of carbonyl (C=O) groups is 1. The van der Waals surface area contributed by atoms with E-state index in [9.17, 15) is 4.79 Å². The molecule has 1 aliphatic rings. The number of aromatic nitrogens is 1. The van der Waals surface area contributed by atoms with E-state index >= 15 is 0 Å². The van der Waals surface area contributed by atoms with Gasteiger partial charge < -0.3 is 10.6 Å². The van der Waals surface area contributed by atoms with Gasteiger partial charge in [-0.05, 0) is 37.9 Å². The summed E-state index contributed by atoms with van der Waals surface area (Å²) in [6.45, 7) is 0.564. The number of hydrogen-bond acceptors (Lipinski definition) is 3. The van der Waals surface area contributed by atoms with Gasteiger partial charge in [-0.15, -0.1) is 0 Å². The molecule has 0 radical (unpaired) electrons. The lowest BCUT2D eigenvalue weighted by Crippen LogP contribution is -2.28. The summed E-state index contributed by atoms with van der Waals surface area (Å²) in [5.74, 6) is 0.0542. The molecule has 0 bridgehead atoms. The standard InChI is InChI=1S/C9H9Br2N3O/c10-7-2-6(3-13-9(7)11)14-4-5(12)1-8(14)15/h2-3,5H,1,4,12H2. The normalized spacial score (nSPS) is 21.1. The van der Waals surface area contributed by atoms with Crippen molar-refractivity contribution in [1.29, 1.82) is 0 Å². The first-order valence-corrected chi connectivity index (χ1v) is 6.03. The monoisotopic (exact) mass is 333 g/mol. The first-order chi connectivity index (χ1) is 7.08. The Morgan fingerprint density at radius 2 is 2.27 bits per heavy atom. The third kappa shape index (κ3) is 2.21. The Hall–Kier alpha value is -0.460. The highest BCUT2D eigenvalue weighted by molar-refractivity contribution is 9.13. The fourth-order valence-corrected chi connectivity index (χ4v) is 2.10. The van der Waals surface area contributed by atoms with Crippen LogP contribution in [0.15, 0.2) is 21.3 Å². The Morgan fingerprint density at radius 3 is 2.80 bits per heavy atom. The lowest BCUT2D eigenvalue weighted by atomic mass is 10.3. The van der Waals surface area contributed by atoms with E-state index in [0.29, 0.717) is 13.0 Å². The summed E-state index contributed by atoms with van der Waals surface area (Å²) in [5, 5.41) is 0. The van der Waals surface area contributed by atoms with Crippen LogP contribution in [0.5, 0.6) is 0 Å². The highest BCUT2D eigenvalue weighted by Crippen LogP contribution is 2.27. The average Bonchev–Trinajstić information content (AvgIpc) is 2.50. The van der Waals surface area contributed by atoms with Crippen LogP contribution in [0.1, 0.15) is 6.42 Å². The molecule has 1 atom stereocenters. The summed E-state index contributed by atoms with van der Waals surface area (Å²) in [4.78, 5) is 17.4. The van der Waals surface area contributed by atoms with Crippen LogP contribution in [0, 0.1) is 0 Å². The van der Waals surface area contributed by atoms with Gasteiger partial charge in [-0.25, -0.2) is 4.98 Å². The second kappa shape index (κ2) is 4.19. The second-order valence-electron chi connectivity index (χ2n) is 3.43. The van der Waals surface area contributed by atoms with Crippen molar-refractivity contribution in [2.45, 2.75) is 12.5 Å². The van der Waals surface area contributed by atoms with Gasteiger partial charge in [-0.2, -0.15) is 0 Å². The van der Waals surface area contributed by atoms with E-state index in [0.717, 1.165) is 14.8 Å². The number of anilines is 1. The van der Waals surface area contributed by atoms with Crippen LogP contribution in [0.25, 0.3) is 0 Å². The van der Waals surface area contributed by atoms with Crippen LogP contribution in [0.2, 0.25) is 0 Å². The molecule has 2 rings (SSSR count). The molecule has 1 saturated heterocycles. The van der Waals surface area contributed by atoms with E-state index in [-0.39, 0.29) is 11.9 Å². The Morgan fingerprint density at radius 1 is 1.53 bits per heavy atom. The van der Waals surface area contributed by atoms with Gasteiger partial charge in [0.15, 0.2) is 0 Å². The molecule has 0 saturated carbocycles. The molecule has 2 heterocycles. The Bertz CT molecular complexity index is 410. The van der Waals surface area contributed by atoms with Crippen LogP contribution in [-0.2, 0) is 4.79 Å². The SMILES string of the molecule is NC1CC(=O)N(c2cnc(Br)c(Br)c2)C1. The fraction of sp³-hybridized carbons (Fsp3) is 0.333. The molecule has 0 spiro atoms. The van der Waals surface area contributed by atoms with Gasteiger partial charge in [0, 0.05) is 19.0 Å². The highest BCUT2D eigenvalue weighted by atomic mass is 79.9. The minimum atomic E-state index is -0.0695. The largest absolute Gasteiger partial charge is 0.326 e. The zero-order valence-corrected chi connectivity index (χ0v) is 11.0. The number of halogens is 2. The molecular formula is C9H9Br2N3O. The van der Waals surface area contributed by atoms with Crippen LogP contribution in [0.3, 0.4) is 0 Å². The Labute approximate surface area is 104 Å². The summed E-state index contributed by atoms with van der Waals surface area (Å²) < 4.78 is 1.55. The van der Waals surface area contributed by atoms with Crippen LogP contribution < -0.4 is 10.6 Å². The first kappa shape index (κ1) is 11.0. The maximum atomic E-state index is 11.6. The molecule has 4 nitrogen and oxygen atoms in total. The number of hydrogen-bond donors (Lipinski definition) is 1. The first-order valence-electron chi connectivity index (χ1n) is 4.45.